The number of imidazole rings is 1. The van der Waals surface area contributed by atoms with E-state index in [4.69, 9.17) is 4.74 Å². The summed E-state index contributed by atoms with van der Waals surface area (Å²) in [4.78, 5) is 32.2. The summed E-state index contributed by atoms with van der Waals surface area (Å²) in [5.74, 6) is 0.245. The van der Waals surface area contributed by atoms with Gasteiger partial charge in [0, 0.05) is 36.7 Å². The molecular formula is C27H26N4O3. The predicted molar refractivity (Wildman–Crippen MR) is 130 cm³/mol. The predicted octanol–water partition coefficient (Wildman–Crippen LogP) is 4.40. The zero-order valence-corrected chi connectivity index (χ0v) is 18.8. The Morgan fingerprint density at radius 1 is 1.03 bits per heavy atom. The first-order valence-electron chi connectivity index (χ1n) is 11.5. The lowest BCUT2D eigenvalue weighted by molar-refractivity contribution is -0.121. The highest BCUT2D eigenvalue weighted by Crippen LogP contribution is 2.22. The summed E-state index contributed by atoms with van der Waals surface area (Å²) in [6.07, 6.45) is 5.43. The maximum Gasteiger partial charge on any atom is 0.254 e. The monoisotopic (exact) mass is 454 g/mol. The number of pyridine rings is 1. The van der Waals surface area contributed by atoms with Crippen LogP contribution in [-0.2, 0) is 11.4 Å². The van der Waals surface area contributed by atoms with E-state index in [1.54, 1.807) is 17.0 Å². The summed E-state index contributed by atoms with van der Waals surface area (Å²) in [5.41, 5.74) is 3.00. The maximum absolute atomic E-state index is 13.2. The summed E-state index contributed by atoms with van der Waals surface area (Å²) in [6, 6.07) is 22.4. The van der Waals surface area contributed by atoms with Crippen molar-refractivity contribution in [2.45, 2.75) is 19.4 Å². The third-order valence-corrected chi connectivity index (χ3v) is 6.00. The number of aromatic nitrogens is 2. The largest absolute Gasteiger partial charge is 0.487 e. The number of nitrogens with zero attached hydrogens (tertiary/aromatic N) is 3. The Balaban J connectivity index is 1.21. The molecule has 0 spiro atoms. The summed E-state index contributed by atoms with van der Waals surface area (Å²) in [6.45, 7) is 1.36. The van der Waals surface area contributed by atoms with Gasteiger partial charge in [-0.3, -0.25) is 9.59 Å². The molecule has 0 unspecified atom stereocenters. The highest BCUT2D eigenvalue weighted by Gasteiger charge is 2.29. The fourth-order valence-electron chi connectivity index (χ4n) is 4.26. The van der Waals surface area contributed by atoms with Gasteiger partial charge in [0.2, 0.25) is 5.91 Å². The van der Waals surface area contributed by atoms with E-state index < -0.39 is 0 Å². The number of fused-ring (bicyclic) bond motifs is 1. The fraction of sp³-hybridized carbons (Fsp3) is 0.222. The highest BCUT2D eigenvalue weighted by molar-refractivity contribution is 5.96. The van der Waals surface area contributed by atoms with Gasteiger partial charge in [-0.05, 0) is 55.3 Å². The molecule has 1 saturated heterocycles. The van der Waals surface area contributed by atoms with Crippen LogP contribution < -0.4 is 10.1 Å². The molecule has 5 rings (SSSR count). The smallest absolute Gasteiger partial charge is 0.254 e. The number of ether oxygens (including phenoxy) is 1. The van der Waals surface area contributed by atoms with Gasteiger partial charge in [-0.25, -0.2) is 4.98 Å². The molecule has 1 N–H and O–H groups in total. The van der Waals surface area contributed by atoms with Crippen LogP contribution in [-0.4, -0.2) is 39.2 Å². The Hall–Kier alpha value is -4.13. The second-order valence-corrected chi connectivity index (χ2v) is 8.46. The van der Waals surface area contributed by atoms with E-state index in [1.807, 2.05) is 77.5 Å². The van der Waals surface area contributed by atoms with Crippen molar-refractivity contribution in [1.29, 1.82) is 0 Å². The molecule has 1 fully saturated rings. The lowest BCUT2D eigenvalue weighted by atomic mass is 9.96. The van der Waals surface area contributed by atoms with Crippen LogP contribution in [0.25, 0.3) is 5.65 Å². The second kappa shape index (κ2) is 9.79. The average molecular weight is 455 g/mol. The first-order chi connectivity index (χ1) is 16.7. The highest BCUT2D eigenvalue weighted by atomic mass is 16.5. The molecule has 2 aromatic carbocycles. The number of hydrogen-bond acceptors (Lipinski definition) is 4. The van der Waals surface area contributed by atoms with Crippen LogP contribution in [0.5, 0.6) is 5.75 Å². The number of carbonyl (C=O) groups excluding carboxylic acids is 2. The van der Waals surface area contributed by atoms with E-state index in [0.717, 1.165) is 29.9 Å². The number of nitrogens with one attached hydrogen (secondary N) is 1. The zero-order chi connectivity index (χ0) is 23.3. The molecule has 0 aliphatic carbocycles. The van der Waals surface area contributed by atoms with Gasteiger partial charge in [0.15, 0.2) is 0 Å². The molecule has 4 aromatic rings. The molecule has 0 bridgehead atoms. The van der Waals surface area contributed by atoms with Gasteiger partial charge >= 0.3 is 0 Å². The molecular weight excluding hydrogens is 428 g/mol. The molecule has 2 amide bonds. The van der Waals surface area contributed by atoms with E-state index in [2.05, 4.69) is 10.3 Å². The summed E-state index contributed by atoms with van der Waals surface area (Å²) in [7, 11) is 0. The normalized spacial score (nSPS) is 15.8. The molecule has 1 atom stereocenters. The molecule has 1 aliphatic heterocycles. The number of carbonyl (C=O) groups is 2. The first-order valence-corrected chi connectivity index (χ1v) is 11.5. The Morgan fingerprint density at radius 2 is 1.88 bits per heavy atom. The maximum atomic E-state index is 13.2. The number of likely N-dealkylation sites (tertiary alicyclic amines) is 1. The van der Waals surface area contributed by atoms with Gasteiger partial charge in [0.1, 0.15) is 18.0 Å². The Kier molecular flexibility index (Phi) is 6.25. The lowest BCUT2D eigenvalue weighted by Gasteiger charge is -2.32. The van der Waals surface area contributed by atoms with E-state index in [9.17, 15) is 9.59 Å². The molecule has 172 valence electrons. The summed E-state index contributed by atoms with van der Waals surface area (Å²) >= 11 is 0. The summed E-state index contributed by atoms with van der Waals surface area (Å²) < 4.78 is 7.86. The van der Waals surface area contributed by atoms with Crippen molar-refractivity contribution in [3.63, 3.8) is 0 Å². The van der Waals surface area contributed by atoms with Crippen LogP contribution in [0.1, 0.15) is 28.9 Å². The van der Waals surface area contributed by atoms with Gasteiger partial charge in [-0.15, -0.1) is 0 Å². The molecule has 34 heavy (non-hydrogen) atoms. The average Bonchev–Trinajstić information content (AvgIpc) is 3.31. The number of benzene rings is 2. The number of piperidine rings is 1. The standard InChI is InChI=1S/C27H26N4O3/c32-26(29-22-10-2-1-3-11-22)21-9-7-15-31(17-21)27(33)20-8-6-12-24(16-20)34-19-23-18-30-14-5-4-13-25(30)28-23/h1-6,8,10-14,16,18,21H,7,9,15,17,19H2,(H,29,32)/t21-/m1/s1. The van der Waals surface area contributed by atoms with Gasteiger partial charge in [-0.2, -0.15) is 0 Å². The van der Waals surface area contributed by atoms with Crippen LogP contribution >= 0.6 is 0 Å². The number of amides is 2. The molecule has 0 saturated carbocycles. The van der Waals surface area contributed by atoms with Crippen molar-refractivity contribution in [3.05, 3.63) is 96.4 Å². The number of hydrogen-bond donors (Lipinski definition) is 1. The number of para-hydroxylation sites is 1. The van der Waals surface area contributed by atoms with Crippen molar-refractivity contribution in [2.24, 2.45) is 5.92 Å². The number of rotatable bonds is 6. The van der Waals surface area contributed by atoms with Crippen LogP contribution in [0, 0.1) is 5.92 Å². The van der Waals surface area contributed by atoms with Crippen LogP contribution in [0.2, 0.25) is 0 Å². The van der Waals surface area contributed by atoms with Crippen LogP contribution in [0.3, 0.4) is 0 Å². The van der Waals surface area contributed by atoms with E-state index in [-0.39, 0.29) is 17.7 Å². The molecule has 1 aliphatic rings. The van der Waals surface area contributed by atoms with Gasteiger partial charge in [-0.1, -0.05) is 30.3 Å². The molecule has 3 heterocycles. The molecule has 7 nitrogen and oxygen atoms in total. The fourth-order valence-corrected chi connectivity index (χ4v) is 4.26. The minimum absolute atomic E-state index is 0.0479. The Bertz CT molecular complexity index is 1270. The van der Waals surface area contributed by atoms with Crippen molar-refractivity contribution in [3.8, 4) is 5.75 Å². The summed E-state index contributed by atoms with van der Waals surface area (Å²) in [5, 5.41) is 2.96. The quantitative estimate of drug-likeness (QED) is 0.468. The zero-order valence-electron chi connectivity index (χ0n) is 18.8. The third kappa shape index (κ3) is 4.93. The van der Waals surface area contributed by atoms with Gasteiger partial charge in [0.25, 0.3) is 5.91 Å². The molecule has 7 heteroatoms. The minimum atomic E-state index is -0.229. The number of anilines is 1. The van der Waals surface area contributed by atoms with Crippen molar-refractivity contribution < 1.29 is 14.3 Å². The van der Waals surface area contributed by atoms with Gasteiger partial charge in [0.05, 0.1) is 11.6 Å². The lowest BCUT2D eigenvalue weighted by Crippen LogP contribution is -2.43. The topological polar surface area (TPSA) is 75.9 Å². The van der Waals surface area contributed by atoms with E-state index >= 15 is 0 Å². The van der Waals surface area contributed by atoms with Crippen molar-refractivity contribution in [2.75, 3.05) is 18.4 Å². The second-order valence-electron chi connectivity index (χ2n) is 8.46. The Labute approximate surface area is 198 Å². The molecule has 0 radical (unpaired) electrons. The van der Waals surface area contributed by atoms with Crippen molar-refractivity contribution >= 4 is 23.1 Å². The molecule has 2 aromatic heterocycles. The van der Waals surface area contributed by atoms with Crippen molar-refractivity contribution in [1.82, 2.24) is 14.3 Å². The SMILES string of the molecule is O=C(Nc1ccccc1)[C@@H]1CCCN(C(=O)c2cccc(OCc3cn4ccccc4n3)c2)C1. The van der Waals surface area contributed by atoms with E-state index in [1.165, 1.54) is 0 Å². The minimum Gasteiger partial charge on any atom is -0.487 e. The Morgan fingerprint density at radius 3 is 2.74 bits per heavy atom. The van der Waals surface area contributed by atoms with Crippen LogP contribution in [0.15, 0.2) is 85.2 Å². The van der Waals surface area contributed by atoms with E-state index in [0.29, 0.717) is 31.0 Å². The van der Waals surface area contributed by atoms with Crippen LogP contribution in [0.4, 0.5) is 5.69 Å². The third-order valence-electron chi connectivity index (χ3n) is 6.00. The first kappa shape index (κ1) is 21.7. The van der Waals surface area contributed by atoms with Gasteiger partial charge < -0.3 is 19.4 Å².